The zero-order valence-electron chi connectivity index (χ0n) is 10.6. The molecule has 0 saturated heterocycles. The summed E-state index contributed by atoms with van der Waals surface area (Å²) < 4.78 is 5.62. The minimum absolute atomic E-state index is 0.602. The van der Waals surface area contributed by atoms with E-state index >= 15 is 0 Å². The van der Waals surface area contributed by atoms with E-state index in [2.05, 4.69) is 50.4 Å². The van der Waals surface area contributed by atoms with Crippen LogP contribution in [0.15, 0.2) is 24.3 Å². The van der Waals surface area contributed by atoms with Crippen LogP contribution in [0.25, 0.3) is 0 Å². The Morgan fingerprint density at radius 1 is 1.25 bits per heavy atom. The second-order valence-electron chi connectivity index (χ2n) is 4.51. The van der Waals surface area contributed by atoms with Gasteiger partial charge < -0.3 is 10.1 Å². The Hall–Kier alpha value is -0.860. The Balaban J connectivity index is 2.40. The van der Waals surface area contributed by atoms with Gasteiger partial charge in [-0.05, 0) is 23.6 Å². The molecule has 0 aromatic heterocycles. The zero-order chi connectivity index (χ0) is 11.8. The average molecular weight is 221 g/mol. The van der Waals surface area contributed by atoms with Gasteiger partial charge in [-0.3, -0.25) is 0 Å². The number of hydrogen-bond acceptors (Lipinski definition) is 2. The SMILES string of the molecule is CCNCc1cccc(COCC(C)C)c1. The van der Waals surface area contributed by atoms with Crippen molar-refractivity contribution in [1.82, 2.24) is 5.32 Å². The quantitative estimate of drug-likeness (QED) is 0.764. The third-order valence-electron chi connectivity index (χ3n) is 2.29. The summed E-state index contributed by atoms with van der Waals surface area (Å²) in [6, 6.07) is 8.58. The predicted molar refractivity (Wildman–Crippen MR) is 68.3 cm³/mol. The lowest BCUT2D eigenvalue weighted by molar-refractivity contribution is 0.0970. The van der Waals surface area contributed by atoms with Gasteiger partial charge in [0.1, 0.15) is 0 Å². The van der Waals surface area contributed by atoms with Gasteiger partial charge in [-0.25, -0.2) is 0 Å². The van der Waals surface area contributed by atoms with Gasteiger partial charge in [0, 0.05) is 13.2 Å². The smallest absolute Gasteiger partial charge is 0.0717 e. The minimum Gasteiger partial charge on any atom is -0.377 e. The topological polar surface area (TPSA) is 21.3 Å². The Kier molecular flexibility index (Phi) is 6.12. The maximum atomic E-state index is 5.62. The molecule has 0 atom stereocenters. The first kappa shape index (κ1) is 13.2. The highest BCUT2D eigenvalue weighted by atomic mass is 16.5. The first-order chi connectivity index (χ1) is 7.72. The highest BCUT2D eigenvalue weighted by molar-refractivity contribution is 5.22. The molecule has 0 amide bonds. The van der Waals surface area contributed by atoms with Crippen molar-refractivity contribution in [2.75, 3.05) is 13.2 Å². The van der Waals surface area contributed by atoms with Gasteiger partial charge in [-0.15, -0.1) is 0 Å². The third kappa shape index (κ3) is 5.29. The van der Waals surface area contributed by atoms with Gasteiger partial charge in [0.15, 0.2) is 0 Å². The molecule has 1 rings (SSSR count). The fourth-order valence-corrected chi connectivity index (χ4v) is 1.51. The maximum absolute atomic E-state index is 5.62. The molecule has 1 aromatic carbocycles. The monoisotopic (exact) mass is 221 g/mol. The van der Waals surface area contributed by atoms with E-state index in [0.717, 1.165) is 26.3 Å². The number of rotatable bonds is 7. The van der Waals surface area contributed by atoms with Crippen LogP contribution in [-0.2, 0) is 17.9 Å². The minimum atomic E-state index is 0.602. The molecule has 0 aliphatic heterocycles. The van der Waals surface area contributed by atoms with Crippen molar-refractivity contribution in [2.45, 2.75) is 33.9 Å². The van der Waals surface area contributed by atoms with Crippen molar-refractivity contribution in [2.24, 2.45) is 5.92 Å². The van der Waals surface area contributed by atoms with Crippen LogP contribution in [0.3, 0.4) is 0 Å². The van der Waals surface area contributed by atoms with Crippen LogP contribution in [0.4, 0.5) is 0 Å². The number of nitrogens with one attached hydrogen (secondary N) is 1. The van der Waals surface area contributed by atoms with Crippen LogP contribution in [0.2, 0.25) is 0 Å². The fourth-order valence-electron chi connectivity index (χ4n) is 1.51. The Morgan fingerprint density at radius 3 is 2.69 bits per heavy atom. The molecular weight excluding hydrogens is 198 g/mol. The molecule has 0 heterocycles. The Labute approximate surface area is 99.0 Å². The van der Waals surface area contributed by atoms with Crippen molar-refractivity contribution in [3.8, 4) is 0 Å². The first-order valence-corrected chi connectivity index (χ1v) is 6.08. The molecular formula is C14H23NO. The lowest BCUT2D eigenvalue weighted by Crippen LogP contribution is -2.11. The van der Waals surface area contributed by atoms with E-state index in [9.17, 15) is 0 Å². The molecule has 1 aromatic rings. The molecule has 0 bridgehead atoms. The van der Waals surface area contributed by atoms with Crippen LogP contribution >= 0.6 is 0 Å². The molecule has 0 saturated carbocycles. The zero-order valence-corrected chi connectivity index (χ0v) is 10.6. The summed E-state index contributed by atoms with van der Waals surface area (Å²) in [7, 11) is 0. The number of hydrogen-bond donors (Lipinski definition) is 1. The molecule has 1 N–H and O–H groups in total. The van der Waals surface area contributed by atoms with E-state index in [1.807, 2.05) is 0 Å². The van der Waals surface area contributed by atoms with Gasteiger partial charge in [0.05, 0.1) is 6.61 Å². The lowest BCUT2D eigenvalue weighted by atomic mass is 10.1. The molecule has 2 nitrogen and oxygen atoms in total. The van der Waals surface area contributed by atoms with E-state index < -0.39 is 0 Å². The van der Waals surface area contributed by atoms with E-state index in [0.29, 0.717) is 5.92 Å². The number of benzene rings is 1. The molecule has 0 radical (unpaired) electrons. The normalized spacial score (nSPS) is 11.0. The van der Waals surface area contributed by atoms with E-state index in [-0.39, 0.29) is 0 Å². The Morgan fingerprint density at radius 2 is 2.00 bits per heavy atom. The molecule has 16 heavy (non-hydrogen) atoms. The largest absolute Gasteiger partial charge is 0.377 e. The summed E-state index contributed by atoms with van der Waals surface area (Å²) in [5, 5.41) is 3.33. The number of ether oxygens (including phenoxy) is 1. The maximum Gasteiger partial charge on any atom is 0.0717 e. The molecule has 0 spiro atoms. The van der Waals surface area contributed by atoms with Crippen LogP contribution < -0.4 is 5.32 Å². The highest BCUT2D eigenvalue weighted by Gasteiger charge is 1.98. The van der Waals surface area contributed by atoms with E-state index in [1.165, 1.54) is 11.1 Å². The van der Waals surface area contributed by atoms with Crippen LogP contribution in [0.5, 0.6) is 0 Å². The van der Waals surface area contributed by atoms with Gasteiger partial charge in [-0.1, -0.05) is 45.0 Å². The standard InChI is InChI=1S/C14H23NO/c1-4-15-9-13-6-5-7-14(8-13)11-16-10-12(2)3/h5-8,12,15H,4,9-11H2,1-3H3. The summed E-state index contributed by atoms with van der Waals surface area (Å²) in [4.78, 5) is 0. The lowest BCUT2D eigenvalue weighted by Gasteiger charge is -2.08. The van der Waals surface area contributed by atoms with Crippen LogP contribution in [0, 0.1) is 5.92 Å². The molecule has 0 aliphatic carbocycles. The van der Waals surface area contributed by atoms with Crippen molar-refractivity contribution in [3.05, 3.63) is 35.4 Å². The van der Waals surface area contributed by atoms with Crippen molar-refractivity contribution < 1.29 is 4.74 Å². The molecule has 2 heteroatoms. The van der Waals surface area contributed by atoms with Gasteiger partial charge in [-0.2, -0.15) is 0 Å². The summed E-state index contributed by atoms with van der Waals surface area (Å²) in [6.45, 7) is 9.96. The van der Waals surface area contributed by atoms with E-state index in [4.69, 9.17) is 4.74 Å². The summed E-state index contributed by atoms with van der Waals surface area (Å²) >= 11 is 0. The van der Waals surface area contributed by atoms with Crippen LogP contribution in [-0.4, -0.2) is 13.2 Å². The van der Waals surface area contributed by atoms with Crippen molar-refractivity contribution >= 4 is 0 Å². The second kappa shape index (κ2) is 7.42. The third-order valence-corrected chi connectivity index (χ3v) is 2.29. The average Bonchev–Trinajstić information content (AvgIpc) is 2.26. The van der Waals surface area contributed by atoms with Gasteiger partial charge >= 0.3 is 0 Å². The summed E-state index contributed by atoms with van der Waals surface area (Å²) in [5.41, 5.74) is 2.59. The molecule has 0 unspecified atom stereocenters. The Bertz CT molecular complexity index is 297. The first-order valence-electron chi connectivity index (χ1n) is 6.08. The molecule has 0 fully saturated rings. The molecule has 0 aliphatic rings. The van der Waals surface area contributed by atoms with Crippen molar-refractivity contribution in [1.29, 1.82) is 0 Å². The predicted octanol–water partition coefficient (Wildman–Crippen LogP) is 2.97. The van der Waals surface area contributed by atoms with Crippen LogP contribution in [0.1, 0.15) is 31.9 Å². The fraction of sp³-hybridized carbons (Fsp3) is 0.571. The molecule has 90 valence electrons. The highest BCUT2D eigenvalue weighted by Crippen LogP contribution is 2.07. The van der Waals surface area contributed by atoms with Crippen molar-refractivity contribution in [3.63, 3.8) is 0 Å². The second-order valence-corrected chi connectivity index (χ2v) is 4.51. The summed E-state index contributed by atoms with van der Waals surface area (Å²) in [5.74, 6) is 0.602. The van der Waals surface area contributed by atoms with Gasteiger partial charge in [0.25, 0.3) is 0 Å². The summed E-state index contributed by atoms with van der Waals surface area (Å²) in [6.07, 6.45) is 0. The van der Waals surface area contributed by atoms with E-state index in [1.54, 1.807) is 0 Å². The van der Waals surface area contributed by atoms with Gasteiger partial charge in [0.2, 0.25) is 0 Å².